The molecule has 0 saturated carbocycles. The quantitative estimate of drug-likeness (QED) is 0.752. The molecule has 2 N–H and O–H groups in total. The molecule has 80 valence electrons. The van der Waals surface area contributed by atoms with Crippen molar-refractivity contribution >= 4 is 33.2 Å². The lowest BCUT2D eigenvalue weighted by atomic mass is 10.5. The summed E-state index contributed by atoms with van der Waals surface area (Å²) in [5.74, 6) is 0.535. The normalized spacial score (nSPS) is 10.8. The van der Waals surface area contributed by atoms with Crippen molar-refractivity contribution in [3.8, 4) is 0 Å². The number of hydrogen-bond donors (Lipinski definition) is 2. The van der Waals surface area contributed by atoms with Crippen LogP contribution in [0.5, 0.6) is 0 Å². The minimum absolute atomic E-state index is 0.535. The number of aromatic amines is 1. The van der Waals surface area contributed by atoms with Gasteiger partial charge in [0, 0.05) is 12.4 Å². The summed E-state index contributed by atoms with van der Waals surface area (Å²) < 4.78 is 2.61. The lowest BCUT2D eigenvalue weighted by Gasteiger charge is -1.92. The van der Waals surface area contributed by atoms with Crippen LogP contribution < -0.4 is 5.32 Å². The highest BCUT2D eigenvalue weighted by molar-refractivity contribution is 9.10. The van der Waals surface area contributed by atoms with Gasteiger partial charge in [-0.1, -0.05) is 0 Å². The average Bonchev–Trinajstić information content (AvgIpc) is 2.88. The Balaban J connectivity index is 2.02. The molecule has 0 saturated heterocycles. The van der Waals surface area contributed by atoms with Crippen LogP contribution >= 0.6 is 15.9 Å². The number of fused-ring (bicyclic) bond motifs is 1. The predicted octanol–water partition coefficient (Wildman–Crippen LogP) is 1.96. The molecule has 0 atom stereocenters. The van der Waals surface area contributed by atoms with E-state index < -0.39 is 0 Å². The maximum Gasteiger partial charge on any atom is 0.247 e. The summed E-state index contributed by atoms with van der Waals surface area (Å²) >= 11 is 3.42. The third-order valence-corrected chi connectivity index (χ3v) is 2.69. The van der Waals surface area contributed by atoms with Gasteiger partial charge in [-0.15, -0.1) is 5.10 Å². The van der Waals surface area contributed by atoms with Crippen LogP contribution in [-0.4, -0.2) is 24.8 Å². The van der Waals surface area contributed by atoms with Gasteiger partial charge >= 0.3 is 0 Å². The van der Waals surface area contributed by atoms with E-state index >= 15 is 0 Å². The van der Waals surface area contributed by atoms with E-state index in [1.807, 2.05) is 18.3 Å². The molecule has 0 bridgehead atoms. The Morgan fingerprint density at radius 1 is 1.44 bits per heavy atom. The highest BCUT2D eigenvalue weighted by Gasteiger charge is 2.06. The average molecular weight is 279 g/mol. The smallest absolute Gasteiger partial charge is 0.247 e. The number of anilines is 2. The standard InChI is InChI=1S/C9H7BrN6/c10-7-2-1-3-16-8(7)14-9(15-16)13-6-4-11-12-5-6/h1-5H,(H,11,12)(H,13,15). The van der Waals surface area contributed by atoms with Crippen molar-refractivity contribution in [1.29, 1.82) is 0 Å². The lowest BCUT2D eigenvalue weighted by Crippen LogP contribution is -1.91. The number of nitrogens with one attached hydrogen (secondary N) is 2. The van der Waals surface area contributed by atoms with Crippen LogP contribution in [0.25, 0.3) is 5.65 Å². The van der Waals surface area contributed by atoms with E-state index in [1.165, 1.54) is 0 Å². The van der Waals surface area contributed by atoms with Gasteiger partial charge in [0.2, 0.25) is 5.95 Å². The maximum atomic E-state index is 4.34. The van der Waals surface area contributed by atoms with E-state index in [9.17, 15) is 0 Å². The van der Waals surface area contributed by atoms with Crippen LogP contribution in [0.4, 0.5) is 11.6 Å². The number of nitrogens with zero attached hydrogens (tertiary/aromatic N) is 4. The van der Waals surface area contributed by atoms with Gasteiger partial charge in [-0.05, 0) is 28.1 Å². The molecule has 0 fully saturated rings. The lowest BCUT2D eigenvalue weighted by molar-refractivity contribution is 0.962. The van der Waals surface area contributed by atoms with Crippen LogP contribution in [0.1, 0.15) is 0 Å². The van der Waals surface area contributed by atoms with Gasteiger partial charge in [0.05, 0.1) is 16.4 Å². The van der Waals surface area contributed by atoms with Crippen LogP contribution in [-0.2, 0) is 0 Å². The third kappa shape index (κ3) is 1.54. The Morgan fingerprint density at radius 2 is 2.38 bits per heavy atom. The van der Waals surface area contributed by atoms with Gasteiger partial charge in [-0.2, -0.15) is 10.1 Å². The minimum Gasteiger partial charge on any atom is -0.320 e. The molecule has 0 aromatic carbocycles. The molecule has 6 nitrogen and oxygen atoms in total. The number of rotatable bonds is 2. The van der Waals surface area contributed by atoms with Crippen molar-refractivity contribution in [2.75, 3.05) is 5.32 Å². The molecule has 0 aliphatic heterocycles. The summed E-state index contributed by atoms with van der Waals surface area (Å²) in [6.07, 6.45) is 5.25. The Labute approximate surface area is 98.8 Å². The first-order chi connectivity index (χ1) is 7.83. The Bertz CT molecular complexity index is 614. The van der Waals surface area contributed by atoms with Crippen molar-refractivity contribution in [1.82, 2.24) is 24.8 Å². The Morgan fingerprint density at radius 3 is 3.12 bits per heavy atom. The Hall–Kier alpha value is -1.89. The zero-order valence-corrected chi connectivity index (χ0v) is 9.64. The first-order valence-electron chi connectivity index (χ1n) is 4.59. The fourth-order valence-electron chi connectivity index (χ4n) is 1.37. The first kappa shape index (κ1) is 9.34. The van der Waals surface area contributed by atoms with Crippen molar-refractivity contribution in [3.05, 3.63) is 35.2 Å². The second-order valence-electron chi connectivity index (χ2n) is 3.17. The summed E-state index contributed by atoms with van der Waals surface area (Å²) in [4.78, 5) is 4.34. The van der Waals surface area contributed by atoms with Crippen molar-refractivity contribution in [2.24, 2.45) is 0 Å². The van der Waals surface area contributed by atoms with Gasteiger partial charge in [0.15, 0.2) is 5.65 Å². The van der Waals surface area contributed by atoms with E-state index in [4.69, 9.17) is 0 Å². The molecule has 3 heterocycles. The van der Waals surface area contributed by atoms with Gasteiger partial charge in [0.25, 0.3) is 0 Å². The van der Waals surface area contributed by atoms with Gasteiger partial charge in [-0.3, -0.25) is 5.10 Å². The zero-order valence-electron chi connectivity index (χ0n) is 8.05. The van der Waals surface area contributed by atoms with Crippen molar-refractivity contribution in [2.45, 2.75) is 0 Å². The van der Waals surface area contributed by atoms with Crippen LogP contribution in [0, 0.1) is 0 Å². The molecule has 0 radical (unpaired) electrons. The molecule has 0 unspecified atom stereocenters. The predicted molar refractivity (Wildman–Crippen MR) is 62.6 cm³/mol. The van der Waals surface area contributed by atoms with Crippen molar-refractivity contribution < 1.29 is 0 Å². The third-order valence-electron chi connectivity index (χ3n) is 2.07. The molecule has 16 heavy (non-hydrogen) atoms. The molecule has 3 aromatic rings. The summed E-state index contributed by atoms with van der Waals surface area (Å²) in [7, 11) is 0. The molecular weight excluding hydrogens is 272 g/mol. The molecule has 3 aromatic heterocycles. The number of pyridine rings is 1. The zero-order chi connectivity index (χ0) is 11.0. The highest BCUT2D eigenvalue weighted by Crippen LogP contribution is 2.18. The summed E-state index contributed by atoms with van der Waals surface area (Å²) in [5, 5.41) is 13.9. The molecular formula is C9H7BrN6. The molecule has 0 aliphatic rings. The SMILES string of the molecule is Brc1cccn2nc(Nc3cn[nH]c3)nc12. The monoisotopic (exact) mass is 278 g/mol. The van der Waals surface area contributed by atoms with E-state index in [1.54, 1.807) is 16.9 Å². The number of halogens is 1. The van der Waals surface area contributed by atoms with Gasteiger partial charge < -0.3 is 5.32 Å². The first-order valence-corrected chi connectivity index (χ1v) is 5.39. The minimum atomic E-state index is 0.535. The fraction of sp³-hybridized carbons (Fsp3) is 0. The maximum absolute atomic E-state index is 4.34. The second-order valence-corrected chi connectivity index (χ2v) is 4.03. The largest absolute Gasteiger partial charge is 0.320 e. The number of H-pyrrole nitrogens is 1. The highest BCUT2D eigenvalue weighted by atomic mass is 79.9. The molecule has 7 heteroatoms. The summed E-state index contributed by atoms with van der Waals surface area (Å²) in [6.45, 7) is 0. The Kier molecular flexibility index (Phi) is 2.10. The summed E-state index contributed by atoms with van der Waals surface area (Å²) in [5.41, 5.74) is 1.60. The van der Waals surface area contributed by atoms with E-state index in [2.05, 4.69) is 41.5 Å². The van der Waals surface area contributed by atoms with E-state index in [0.717, 1.165) is 15.8 Å². The number of hydrogen-bond acceptors (Lipinski definition) is 4. The van der Waals surface area contributed by atoms with Crippen LogP contribution in [0.15, 0.2) is 35.2 Å². The van der Waals surface area contributed by atoms with Crippen LogP contribution in [0.3, 0.4) is 0 Å². The number of aromatic nitrogens is 5. The molecule has 3 rings (SSSR count). The second kappa shape index (κ2) is 3.60. The topological polar surface area (TPSA) is 70.9 Å². The molecule has 0 spiro atoms. The van der Waals surface area contributed by atoms with E-state index in [-0.39, 0.29) is 0 Å². The summed E-state index contributed by atoms with van der Waals surface area (Å²) in [6, 6.07) is 3.82. The molecule has 0 aliphatic carbocycles. The molecule has 0 amide bonds. The van der Waals surface area contributed by atoms with E-state index in [0.29, 0.717) is 5.95 Å². The fourth-order valence-corrected chi connectivity index (χ4v) is 1.80. The van der Waals surface area contributed by atoms with Gasteiger partial charge in [-0.25, -0.2) is 4.52 Å². The van der Waals surface area contributed by atoms with Crippen molar-refractivity contribution in [3.63, 3.8) is 0 Å². The van der Waals surface area contributed by atoms with Gasteiger partial charge in [0.1, 0.15) is 0 Å². The van der Waals surface area contributed by atoms with Crippen LogP contribution in [0.2, 0.25) is 0 Å².